The first kappa shape index (κ1) is 19.3. The van der Waals surface area contributed by atoms with Crippen LogP contribution < -0.4 is 0 Å². The largest absolute Gasteiger partial charge is 0.463 e. The Morgan fingerprint density at radius 3 is 2.71 bits per heavy atom. The van der Waals surface area contributed by atoms with Gasteiger partial charge >= 0.3 is 12.1 Å². The lowest BCUT2D eigenvalue weighted by atomic mass is 10.2. The molecule has 0 atom stereocenters. The topological polar surface area (TPSA) is 101 Å². The number of hydrogen-bond acceptors (Lipinski definition) is 7. The van der Waals surface area contributed by atoms with Gasteiger partial charge in [-0.1, -0.05) is 0 Å². The van der Waals surface area contributed by atoms with Crippen LogP contribution in [0.4, 0.5) is 4.79 Å². The molecule has 0 unspecified atom stereocenters. The smallest absolute Gasteiger partial charge is 0.419 e. The van der Waals surface area contributed by atoms with Gasteiger partial charge in [0, 0.05) is 23.2 Å². The van der Waals surface area contributed by atoms with Crippen molar-refractivity contribution in [1.82, 2.24) is 24.3 Å². The molecule has 0 bridgehead atoms. The second-order valence-corrected chi connectivity index (χ2v) is 6.92. The fourth-order valence-electron chi connectivity index (χ4n) is 2.53. The molecule has 9 heteroatoms. The van der Waals surface area contributed by atoms with Crippen LogP contribution in [0.5, 0.6) is 0 Å². The average molecular weight is 383 g/mol. The number of hydrogen-bond donors (Lipinski definition) is 0. The zero-order valence-electron chi connectivity index (χ0n) is 16.1. The van der Waals surface area contributed by atoms with Crippen LogP contribution in [0.2, 0.25) is 0 Å². The molecule has 0 saturated carbocycles. The highest BCUT2D eigenvalue weighted by molar-refractivity contribution is 5.98. The predicted molar refractivity (Wildman–Crippen MR) is 102 cm³/mol. The van der Waals surface area contributed by atoms with Crippen molar-refractivity contribution in [3.8, 4) is 5.82 Å². The molecule has 3 heterocycles. The Bertz CT molecular complexity index is 1030. The predicted octanol–water partition coefficient (Wildman–Crippen LogP) is 2.98. The van der Waals surface area contributed by atoms with Crippen molar-refractivity contribution < 1.29 is 19.1 Å². The summed E-state index contributed by atoms with van der Waals surface area (Å²) < 4.78 is 13.3. The maximum Gasteiger partial charge on any atom is 0.419 e. The molecule has 146 valence electrons. The van der Waals surface area contributed by atoms with Gasteiger partial charge in [-0.3, -0.25) is 4.57 Å². The summed E-state index contributed by atoms with van der Waals surface area (Å²) in [4.78, 5) is 32.6. The Balaban J connectivity index is 2.09. The van der Waals surface area contributed by atoms with Crippen LogP contribution in [0.3, 0.4) is 0 Å². The summed E-state index contributed by atoms with van der Waals surface area (Å²) in [5, 5.41) is 4.77. The summed E-state index contributed by atoms with van der Waals surface area (Å²) in [6, 6.07) is 1.76. The summed E-state index contributed by atoms with van der Waals surface area (Å²) >= 11 is 0. The molecule has 28 heavy (non-hydrogen) atoms. The minimum absolute atomic E-state index is 0.281. The van der Waals surface area contributed by atoms with Crippen molar-refractivity contribution in [2.24, 2.45) is 0 Å². The first-order valence-corrected chi connectivity index (χ1v) is 8.73. The normalized spacial score (nSPS) is 11.9. The van der Waals surface area contributed by atoms with Crippen molar-refractivity contribution in [3.63, 3.8) is 0 Å². The van der Waals surface area contributed by atoms with Crippen molar-refractivity contribution >= 4 is 29.0 Å². The van der Waals surface area contributed by atoms with Gasteiger partial charge in [-0.25, -0.2) is 24.2 Å². The van der Waals surface area contributed by atoms with Crippen LogP contribution in [0.15, 0.2) is 37.2 Å². The third kappa shape index (κ3) is 4.25. The fourth-order valence-corrected chi connectivity index (χ4v) is 2.53. The Labute approximate surface area is 161 Å². The summed E-state index contributed by atoms with van der Waals surface area (Å²) in [6.07, 6.45) is 8.44. The molecular formula is C19H21N5O4. The van der Waals surface area contributed by atoms with Crippen molar-refractivity contribution in [2.45, 2.75) is 33.3 Å². The van der Waals surface area contributed by atoms with E-state index in [4.69, 9.17) is 9.47 Å². The van der Waals surface area contributed by atoms with Crippen molar-refractivity contribution in [2.75, 3.05) is 6.61 Å². The van der Waals surface area contributed by atoms with E-state index >= 15 is 0 Å². The monoisotopic (exact) mass is 383 g/mol. The molecule has 0 aliphatic heterocycles. The minimum atomic E-state index is -0.650. The Morgan fingerprint density at radius 2 is 2.07 bits per heavy atom. The molecule has 3 aromatic heterocycles. The highest BCUT2D eigenvalue weighted by Crippen LogP contribution is 2.25. The Morgan fingerprint density at radius 1 is 1.29 bits per heavy atom. The van der Waals surface area contributed by atoms with E-state index in [1.807, 2.05) is 0 Å². The van der Waals surface area contributed by atoms with Gasteiger partial charge in [0.2, 0.25) is 0 Å². The SMILES string of the molecule is CCOC(=O)/C=C/c1cn(C(=O)OC(C)(C)C)c2cnc(-n3cncn3)cc12. The standard InChI is InChI=1S/C19H21N5O4/c1-5-27-17(25)7-6-13-10-23(18(26)28-19(2,3)4)15-9-21-16(8-14(13)15)24-12-20-11-22-24/h6-12H,5H2,1-4H3/b7-6+. The number of rotatable bonds is 4. The second-order valence-electron chi connectivity index (χ2n) is 6.92. The number of nitrogens with zero attached hydrogens (tertiary/aromatic N) is 5. The lowest BCUT2D eigenvalue weighted by Crippen LogP contribution is -2.26. The minimum Gasteiger partial charge on any atom is -0.463 e. The number of ether oxygens (including phenoxy) is 2. The lowest BCUT2D eigenvalue weighted by molar-refractivity contribution is -0.137. The zero-order chi connectivity index (χ0) is 20.3. The molecule has 3 rings (SSSR count). The number of esters is 1. The van der Waals surface area contributed by atoms with E-state index in [0.717, 1.165) is 0 Å². The summed E-state index contributed by atoms with van der Waals surface area (Å²) in [5.41, 5.74) is 0.530. The molecule has 0 spiro atoms. The molecule has 9 nitrogen and oxygen atoms in total. The average Bonchev–Trinajstić information content (AvgIpc) is 3.26. The molecule has 0 aromatic carbocycles. The third-order valence-electron chi connectivity index (χ3n) is 3.64. The maximum absolute atomic E-state index is 12.6. The first-order chi connectivity index (χ1) is 13.3. The van der Waals surface area contributed by atoms with Crippen LogP contribution in [-0.2, 0) is 14.3 Å². The van der Waals surface area contributed by atoms with Crippen LogP contribution >= 0.6 is 0 Å². The fraction of sp³-hybridized carbons (Fsp3) is 0.316. The molecule has 3 aromatic rings. The second kappa shape index (κ2) is 7.63. The van der Waals surface area contributed by atoms with Gasteiger partial charge in [0.05, 0.1) is 18.3 Å². The summed E-state index contributed by atoms with van der Waals surface area (Å²) in [5.74, 6) is 0.0592. The number of aromatic nitrogens is 5. The Kier molecular flexibility index (Phi) is 5.25. The summed E-state index contributed by atoms with van der Waals surface area (Å²) in [6.45, 7) is 7.39. The highest BCUT2D eigenvalue weighted by atomic mass is 16.6. The zero-order valence-corrected chi connectivity index (χ0v) is 16.1. The number of carbonyl (C=O) groups excluding carboxylic acids is 2. The van der Waals surface area contributed by atoms with E-state index < -0.39 is 17.7 Å². The maximum atomic E-state index is 12.6. The number of fused-ring (bicyclic) bond motifs is 1. The molecule has 0 amide bonds. The van der Waals surface area contributed by atoms with Gasteiger partial charge in [0.1, 0.15) is 18.3 Å². The molecule has 0 N–H and O–H groups in total. The van der Waals surface area contributed by atoms with Gasteiger partial charge in [0.15, 0.2) is 5.82 Å². The van der Waals surface area contributed by atoms with Gasteiger partial charge in [-0.15, -0.1) is 0 Å². The van der Waals surface area contributed by atoms with E-state index in [-0.39, 0.29) is 6.61 Å². The quantitative estimate of drug-likeness (QED) is 0.504. The van der Waals surface area contributed by atoms with Crippen LogP contribution in [0, 0.1) is 0 Å². The molecule has 0 radical (unpaired) electrons. The number of pyridine rings is 1. The molecule has 0 saturated heterocycles. The van der Waals surface area contributed by atoms with E-state index in [0.29, 0.717) is 22.3 Å². The highest BCUT2D eigenvalue weighted by Gasteiger charge is 2.21. The Hall–Kier alpha value is -3.49. The summed E-state index contributed by atoms with van der Waals surface area (Å²) in [7, 11) is 0. The third-order valence-corrected chi connectivity index (χ3v) is 3.64. The van der Waals surface area contributed by atoms with E-state index in [2.05, 4.69) is 15.1 Å². The van der Waals surface area contributed by atoms with Gasteiger partial charge < -0.3 is 9.47 Å². The van der Waals surface area contributed by atoms with Crippen LogP contribution in [0.25, 0.3) is 22.8 Å². The molecule has 0 aliphatic carbocycles. The van der Waals surface area contributed by atoms with Crippen LogP contribution in [-0.4, -0.2) is 48.6 Å². The molecule has 0 aliphatic rings. The first-order valence-electron chi connectivity index (χ1n) is 8.73. The van der Waals surface area contributed by atoms with Gasteiger partial charge in [-0.05, 0) is 39.8 Å². The van der Waals surface area contributed by atoms with E-state index in [9.17, 15) is 9.59 Å². The molecular weight excluding hydrogens is 362 g/mol. The van der Waals surface area contributed by atoms with Gasteiger partial charge in [0.25, 0.3) is 0 Å². The number of carbonyl (C=O) groups is 2. The van der Waals surface area contributed by atoms with Crippen molar-refractivity contribution in [1.29, 1.82) is 0 Å². The molecule has 0 fully saturated rings. The lowest BCUT2D eigenvalue weighted by Gasteiger charge is -2.19. The van der Waals surface area contributed by atoms with Crippen LogP contribution in [0.1, 0.15) is 33.3 Å². The van der Waals surface area contributed by atoms with E-state index in [1.54, 1.807) is 52.2 Å². The van der Waals surface area contributed by atoms with Gasteiger partial charge in [-0.2, -0.15) is 5.10 Å². The van der Waals surface area contributed by atoms with E-state index in [1.165, 1.54) is 28.0 Å². The van der Waals surface area contributed by atoms with Crippen molar-refractivity contribution in [3.05, 3.63) is 42.8 Å².